The monoisotopic (exact) mass is 390 g/mol. The van der Waals surface area contributed by atoms with Gasteiger partial charge in [-0.15, -0.1) is 0 Å². The van der Waals surface area contributed by atoms with Crippen molar-refractivity contribution in [2.75, 3.05) is 14.2 Å². The van der Waals surface area contributed by atoms with Gasteiger partial charge in [0.2, 0.25) is 0 Å². The third-order valence-corrected chi connectivity index (χ3v) is 4.69. The lowest BCUT2D eigenvalue weighted by molar-refractivity contribution is -0.140. The quantitative estimate of drug-likeness (QED) is 0.426. The molecule has 0 amide bonds. The fourth-order valence-electron chi connectivity index (χ4n) is 3.25. The number of methoxy groups -OCH3 is 2. The van der Waals surface area contributed by atoms with Crippen molar-refractivity contribution in [3.05, 3.63) is 64.7 Å². The molecule has 1 aromatic heterocycles. The van der Waals surface area contributed by atoms with Crippen molar-refractivity contribution in [3.8, 4) is 11.9 Å². The Bertz CT molecular complexity index is 1110. The maximum Gasteiger partial charge on any atom is 0.305 e. The molecule has 0 aliphatic heterocycles. The lowest BCUT2D eigenvalue weighted by atomic mass is 9.93. The summed E-state index contributed by atoms with van der Waals surface area (Å²) in [6.07, 6.45) is 3.81. The van der Waals surface area contributed by atoms with E-state index in [0.29, 0.717) is 36.3 Å². The zero-order valence-electron chi connectivity index (χ0n) is 16.7. The highest BCUT2D eigenvalue weighted by Crippen LogP contribution is 2.33. The normalized spacial score (nSPS) is 11.3. The van der Waals surface area contributed by atoms with Crippen LogP contribution in [-0.2, 0) is 9.53 Å². The number of allylic oxidation sites excluding steroid dienone is 1. The highest BCUT2D eigenvalue weighted by atomic mass is 16.5. The van der Waals surface area contributed by atoms with Crippen LogP contribution in [0.4, 0.5) is 0 Å². The number of unbranched alkanes of at least 4 members (excludes halogenated alkanes) is 1. The van der Waals surface area contributed by atoms with Crippen LogP contribution in [0.1, 0.15) is 41.5 Å². The minimum absolute atomic E-state index is 0.224. The van der Waals surface area contributed by atoms with E-state index in [1.165, 1.54) is 7.11 Å². The van der Waals surface area contributed by atoms with Crippen LogP contribution in [0.5, 0.6) is 5.88 Å². The molecule has 0 spiro atoms. The summed E-state index contributed by atoms with van der Waals surface area (Å²) in [4.78, 5) is 11.4. The average molecular weight is 390 g/mol. The second kappa shape index (κ2) is 9.07. The van der Waals surface area contributed by atoms with Crippen LogP contribution >= 0.6 is 0 Å². The van der Waals surface area contributed by atoms with Gasteiger partial charge in [-0.3, -0.25) is 4.79 Å². The predicted octanol–water partition coefficient (Wildman–Crippen LogP) is 4.79. The molecule has 6 nitrogen and oxygen atoms in total. The van der Waals surface area contributed by atoms with E-state index >= 15 is 0 Å². The number of carbonyl (C=O) groups excluding carboxylic acids is 1. The van der Waals surface area contributed by atoms with E-state index in [9.17, 15) is 10.1 Å². The average Bonchev–Trinajstić information content (AvgIpc) is 3.17. The zero-order valence-corrected chi connectivity index (χ0v) is 16.7. The number of ether oxygens (including phenoxy) is 2. The number of fused-ring (bicyclic) bond motifs is 1. The molecule has 0 fully saturated rings. The second-order valence-electron chi connectivity index (χ2n) is 6.64. The van der Waals surface area contributed by atoms with Crippen molar-refractivity contribution in [2.24, 2.45) is 0 Å². The van der Waals surface area contributed by atoms with Gasteiger partial charge >= 0.3 is 5.97 Å². The highest BCUT2D eigenvalue weighted by molar-refractivity contribution is 5.91. The molecule has 1 heterocycles. The summed E-state index contributed by atoms with van der Waals surface area (Å²) in [5.74, 6) is 0.207. The molecule has 29 heavy (non-hydrogen) atoms. The van der Waals surface area contributed by atoms with Crippen molar-refractivity contribution >= 4 is 22.5 Å². The van der Waals surface area contributed by atoms with Crippen molar-refractivity contribution in [3.63, 3.8) is 0 Å². The van der Waals surface area contributed by atoms with Crippen molar-refractivity contribution in [1.82, 2.24) is 5.16 Å². The van der Waals surface area contributed by atoms with E-state index in [4.69, 9.17) is 14.0 Å². The second-order valence-corrected chi connectivity index (χ2v) is 6.64. The molecular formula is C23H22N2O4. The van der Waals surface area contributed by atoms with Crippen LogP contribution in [0.3, 0.4) is 0 Å². The molecule has 0 N–H and O–H groups in total. The van der Waals surface area contributed by atoms with Gasteiger partial charge in [0, 0.05) is 6.42 Å². The molecule has 0 bridgehead atoms. The number of nitrogens with zero attached hydrogens (tertiary/aromatic N) is 2. The summed E-state index contributed by atoms with van der Waals surface area (Å²) in [7, 11) is 2.95. The highest BCUT2D eigenvalue weighted by Gasteiger charge is 2.15. The number of benzene rings is 2. The topological polar surface area (TPSA) is 85.4 Å². The molecule has 0 saturated carbocycles. The third kappa shape index (κ3) is 4.46. The lowest BCUT2D eigenvalue weighted by Crippen LogP contribution is -1.99. The van der Waals surface area contributed by atoms with Crippen molar-refractivity contribution < 1.29 is 18.8 Å². The molecule has 0 radical (unpaired) electrons. The van der Waals surface area contributed by atoms with Gasteiger partial charge in [0.05, 0.1) is 31.2 Å². The maximum atomic E-state index is 11.4. The molecule has 0 saturated heterocycles. The molecule has 0 atom stereocenters. The molecule has 0 unspecified atom stereocenters. The van der Waals surface area contributed by atoms with Gasteiger partial charge < -0.3 is 14.0 Å². The molecule has 3 rings (SSSR count). The Morgan fingerprint density at radius 3 is 2.79 bits per heavy atom. The van der Waals surface area contributed by atoms with E-state index in [0.717, 1.165) is 27.6 Å². The first-order valence-corrected chi connectivity index (χ1v) is 9.29. The Morgan fingerprint density at radius 1 is 1.24 bits per heavy atom. The van der Waals surface area contributed by atoms with E-state index < -0.39 is 0 Å². The van der Waals surface area contributed by atoms with E-state index in [1.807, 2.05) is 37.3 Å². The Balaban J connectivity index is 2.06. The molecule has 2 aromatic carbocycles. The summed E-state index contributed by atoms with van der Waals surface area (Å²) in [6.45, 7) is 1.96. The summed E-state index contributed by atoms with van der Waals surface area (Å²) >= 11 is 0. The van der Waals surface area contributed by atoms with Gasteiger partial charge in [-0.2, -0.15) is 5.26 Å². The molecule has 3 aromatic rings. The third-order valence-electron chi connectivity index (χ3n) is 4.69. The van der Waals surface area contributed by atoms with Gasteiger partial charge in [-0.25, -0.2) is 0 Å². The molecular weight excluding hydrogens is 368 g/mol. The molecule has 0 aliphatic rings. The predicted molar refractivity (Wildman–Crippen MR) is 109 cm³/mol. The fourth-order valence-corrected chi connectivity index (χ4v) is 3.25. The maximum absolute atomic E-state index is 11.4. The first-order valence-electron chi connectivity index (χ1n) is 9.29. The van der Waals surface area contributed by atoms with Gasteiger partial charge in [0.1, 0.15) is 0 Å². The zero-order chi connectivity index (χ0) is 20.8. The van der Waals surface area contributed by atoms with Gasteiger partial charge in [0.15, 0.2) is 5.58 Å². The molecule has 148 valence electrons. The van der Waals surface area contributed by atoms with E-state index in [2.05, 4.69) is 17.3 Å². The van der Waals surface area contributed by atoms with Crippen LogP contribution in [0.25, 0.3) is 16.5 Å². The summed E-state index contributed by atoms with van der Waals surface area (Å²) in [5.41, 5.74) is 5.07. The number of nitriles is 1. The summed E-state index contributed by atoms with van der Waals surface area (Å²) in [5, 5.41) is 14.0. The van der Waals surface area contributed by atoms with Crippen LogP contribution in [-0.4, -0.2) is 25.3 Å². The van der Waals surface area contributed by atoms with E-state index in [-0.39, 0.29) is 5.97 Å². The number of hydrogen-bond donors (Lipinski definition) is 0. The van der Waals surface area contributed by atoms with Gasteiger partial charge in [0.25, 0.3) is 5.88 Å². The Hall–Kier alpha value is -3.59. The van der Waals surface area contributed by atoms with Crippen LogP contribution < -0.4 is 4.74 Å². The number of esters is 1. The largest absolute Gasteiger partial charge is 0.478 e. The smallest absolute Gasteiger partial charge is 0.305 e. The molecule has 6 heteroatoms. The summed E-state index contributed by atoms with van der Waals surface area (Å²) in [6, 6.07) is 13.6. The summed E-state index contributed by atoms with van der Waals surface area (Å²) < 4.78 is 15.4. The number of carbonyl (C=O) groups is 1. The van der Waals surface area contributed by atoms with Crippen molar-refractivity contribution in [2.45, 2.75) is 26.2 Å². The minimum atomic E-state index is -0.224. The number of hydrogen-bond acceptors (Lipinski definition) is 6. The van der Waals surface area contributed by atoms with Crippen LogP contribution in [0, 0.1) is 18.3 Å². The molecule has 0 aliphatic carbocycles. The lowest BCUT2D eigenvalue weighted by Gasteiger charge is -2.11. The van der Waals surface area contributed by atoms with Gasteiger partial charge in [-0.05, 0) is 71.5 Å². The Morgan fingerprint density at radius 2 is 2.07 bits per heavy atom. The van der Waals surface area contributed by atoms with E-state index in [1.54, 1.807) is 13.2 Å². The first-order chi connectivity index (χ1) is 14.1. The van der Waals surface area contributed by atoms with Crippen molar-refractivity contribution in [1.29, 1.82) is 5.26 Å². The van der Waals surface area contributed by atoms with Crippen LogP contribution in [0.15, 0.2) is 47.0 Å². The number of aromatic nitrogens is 1. The number of rotatable bonds is 7. The standard InChI is InChI=1S/C23H22N2O4/c1-15-11-18(13-20-22(15)29-25-23(20)28-3)19(9-4-5-10-21(26)27-2)17-8-6-7-16(12-17)14-24/h6-9,11-13H,4-5,10H2,1-3H3/b19-9+. The Kier molecular flexibility index (Phi) is 6.30. The Labute approximate surface area is 169 Å². The first kappa shape index (κ1) is 20.2. The van der Waals surface area contributed by atoms with Crippen LogP contribution in [0.2, 0.25) is 0 Å². The fraction of sp³-hybridized carbons (Fsp3) is 0.261. The van der Waals surface area contributed by atoms with Gasteiger partial charge in [-0.1, -0.05) is 18.2 Å². The SMILES string of the molecule is COC(=O)CCC/C=C(\c1cccc(C#N)c1)c1cc(C)c2onc(OC)c2c1. The minimum Gasteiger partial charge on any atom is -0.478 e. The number of aryl methyl sites for hydroxylation is 1.